The normalized spacial score (nSPS) is 10.7. The van der Waals surface area contributed by atoms with Gasteiger partial charge in [-0.25, -0.2) is 4.98 Å². The van der Waals surface area contributed by atoms with E-state index in [2.05, 4.69) is 16.5 Å². The van der Waals surface area contributed by atoms with Crippen LogP contribution in [0.1, 0.15) is 5.56 Å². The van der Waals surface area contributed by atoms with Gasteiger partial charge < -0.3 is 0 Å². The summed E-state index contributed by atoms with van der Waals surface area (Å²) in [7, 11) is 0. The predicted molar refractivity (Wildman–Crippen MR) is 90.0 cm³/mol. The molecule has 1 aromatic carbocycles. The highest BCUT2D eigenvalue weighted by Crippen LogP contribution is 2.21. The Morgan fingerprint density at radius 1 is 1.23 bits per heavy atom. The van der Waals surface area contributed by atoms with Gasteiger partial charge in [0.1, 0.15) is 0 Å². The Hall–Kier alpha value is -2.40. The fourth-order valence-corrected chi connectivity index (χ4v) is 3.12. The van der Waals surface area contributed by atoms with Crippen LogP contribution in [0.4, 0.5) is 0 Å². The number of hydrogen-bond acceptors (Lipinski definition) is 4. The number of para-hydroxylation sites is 1. The fourth-order valence-electron chi connectivity index (χ4n) is 2.18. The molecule has 0 radical (unpaired) electrons. The molecule has 0 bridgehead atoms. The van der Waals surface area contributed by atoms with E-state index < -0.39 is 0 Å². The van der Waals surface area contributed by atoms with Crippen molar-refractivity contribution in [3.63, 3.8) is 0 Å². The standard InChI is InChI=1S/C17H15N3OS/c1-2-10-20-16(21)14-7-3-4-8-15(14)19-17(20)22-12-13-6-5-9-18-11-13/h2-9,11H,1,10,12H2. The third-order valence-corrected chi connectivity index (χ3v) is 4.28. The second kappa shape index (κ2) is 6.58. The fraction of sp³-hybridized carbons (Fsp3) is 0.118. The van der Waals surface area contributed by atoms with Gasteiger partial charge in [-0.2, -0.15) is 0 Å². The van der Waals surface area contributed by atoms with Crippen LogP contribution in [0.3, 0.4) is 0 Å². The zero-order chi connectivity index (χ0) is 15.4. The molecule has 4 nitrogen and oxygen atoms in total. The third kappa shape index (κ3) is 2.94. The summed E-state index contributed by atoms with van der Waals surface area (Å²) < 4.78 is 1.66. The second-order valence-corrected chi connectivity index (χ2v) is 5.71. The summed E-state index contributed by atoms with van der Waals surface area (Å²) in [5.74, 6) is 0.718. The number of thioether (sulfide) groups is 1. The van der Waals surface area contributed by atoms with Gasteiger partial charge in [0.2, 0.25) is 0 Å². The molecule has 2 heterocycles. The van der Waals surface area contributed by atoms with Crippen molar-refractivity contribution in [2.45, 2.75) is 17.5 Å². The van der Waals surface area contributed by atoms with Gasteiger partial charge in [-0.15, -0.1) is 6.58 Å². The lowest BCUT2D eigenvalue weighted by Crippen LogP contribution is -2.22. The zero-order valence-electron chi connectivity index (χ0n) is 12.0. The number of benzene rings is 1. The first kappa shape index (κ1) is 14.5. The van der Waals surface area contributed by atoms with E-state index in [1.807, 2.05) is 36.5 Å². The van der Waals surface area contributed by atoms with Crippen LogP contribution in [0.2, 0.25) is 0 Å². The molecule has 0 fully saturated rings. The third-order valence-electron chi connectivity index (χ3n) is 3.23. The van der Waals surface area contributed by atoms with Gasteiger partial charge in [-0.05, 0) is 23.8 Å². The minimum absolute atomic E-state index is 0.0285. The molecule has 0 atom stereocenters. The maximum atomic E-state index is 12.6. The number of pyridine rings is 1. The highest BCUT2D eigenvalue weighted by atomic mass is 32.2. The molecule has 3 rings (SSSR count). The summed E-state index contributed by atoms with van der Waals surface area (Å²) >= 11 is 1.53. The highest BCUT2D eigenvalue weighted by Gasteiger charge is 2.10. The summed E-state index contributed by atoms with van der Waals surface area (Å²) in [5.41, 5.74) is 1.79. The quantitative estimate of drug-likeness (QED) is 0.412. The van der Waals surface area contributed by atoms with Crippen molar-refractivity contribution in [1.82, 2.24) is 14.5 Å². The van der Waals surface area contributed by atoms with Crippen molar-refractivity contribution >= 4 is 22.7 Å². The number of hydrogen-bond donors (Lipinski definition) is 0. The van der Waals surface area contributed by atoms with E-state index >= 15 is 0 Å². The van der Waals surface area contributed by atoms with Crippen molar-refractivity contribution < 1.29 is 0 Å². The molecule has 22 heavy (non-hydrogen) atoms. The molecular formula is C17H15N3OS. The van der Waals surface area contributed by atoms with Crippen molar-refractivity contribution in [3.8, 4) is 0 Å². The minimum Gasteiger partial charge on any atom is -0.283 e. The van der Waals surface area contributed by atoms with E-state index in [9.17, 15) is 4.79 Å². The Morgan fingerprint density at radius 3 is 2.86 bits per heavy atom. The van der Waals surface area contributed by atoms with Gasteiger partial charge in [0, 0.05) is 24.7 Å². The smallest absolute Gasteiger partial charge is 0.262 e. The monoisotopic (exact) mass is 309 g/mol. The summed E-state index contributed by atoms with van der Waals surface area (Å²) in [4.78, 5) is 21.3. The van der Waals surface area contributed by atoms with Gasteiger partial charge in [-0.3, -0.25) is 14.3 Å². The van der Waals surface area contributed by atoms with Crippen molar-refractivity contribution in [2.24, 2.45) is 0 Å². The number of rotatable bonds is 5. The van der Waals surface area contributed by atoms with Crippen molar-refractivity contribution in [1.29, 1.82) is 0 Å². The molecule has 5 heteroatoms. The van der Waals surface area contributed by atoms with Gasteiger partial charge in [-0.1, -0.05) is 36.0 Å². The average Bonchev–Trinajstić information content (AvgIpc) is 2.57. The molecule has 110 valence electrons. The maximum absolute atomic E-state index is 12.6. The van der Waals surface area contributed by atoms with Gasteiger partial charge >= 0.3 is 0 Å². The second-order valence-electron chi connectivity index (χ2n) is 4.77. The van der Waals surface area contributed by atoms with Crippen molar-refractivity contribution in [3.05, 3.63) is 77.4 Å². The Balaban J connectivity index is 2.01. The molecule has 0 aliphatic carbocycles. The number of allylic oxidation sites excluding steroid dienone is 1. The predicted octanol–water partition coefficient (Wildman–Crippen LogP) is 3.27. The zero-order valence-corrected chi connectivity index (χ0v) is 12.8. The number of nitrogens with zero attached hydrogens (tertiary/aromatic N) is 3. The highest BCUT2D eigenvalue weighted by molar-refractivity contribution is 7.98. The molecule has 0 spiro atoms. The molecule has 0 N–H and O–H groups in total. The van der Waals surface area contributed by atoms with Crippen LogP contribution >= 0.6 is 11.8 Å². The van der Waals surface area contributed by atoms with Crippen LogP contribution < -0.4 is 5.56 Å². The van der Waals surface area contributed by atoms with Crippen LogP contribution in [-0.2, 0) is 12.3 Å². The van der Waals surface area contributed by atoms with E-state index in [4.69, 9.17) is 0 Å². The van der Waals surface area contributed by atoms with E-state index in [0.29, 0.717) is 17.1 Å². The number of aromatic nitrogens is 3. The lowest BCUT2D eigenvalue weighted by atomic mass is 10.2. The van der Waals surface area contributed by atoms with Gasteiger partial charge in [0.15, 0.2) is 5.16 Å². The van der Waals surface area contributed by atoms with Crippen LogP contribution in [0.15, 0.2) is 71.4 Å². The molecule has 0 saturated heterocycles. The largest absolute Gasteiger partial charge is 0.283 e. The minimum atomic E-state index is -0.0285. The van der Waals surface area contributed by atoms with Gasteiger partial charge in [0.05, 0.1) is 10.9 Å². The SMILES string of the molecule is C=CCn1c(SCc2cccnc2)nc2ccccc2c1=O. The van der Waals surface area contributed by atoms with Crippen molar-refractivity contribution in [2.75, 3.05) is 0 Å². The topological polar surface area (TPSA) is 47.8 Å². The summed E-state index contributed by atoms with van der Waals surface area (Å²) in [6.45, 7) is 4.18. The van der Waals surface area contributed by atoms with Gasteiger partial charge in [0.25, 0.3) is 5.56 Å². The molecule has 0 aliphatic heterocycles. The Labute approximate surface area is 132 Å². The molecular weight excluding hydrogens is 294 g/mol. The number of fused-ring (bicyclic) bond motifs is 1. The van der Waals surface area contributed by atoms with E-state index in [-0.39, 0.29) is 5.56 Å². The lowest BCUT2D eigenvalue weighted by Gasteiger charge is -2.11. The van der Waals surface area contributed by atoms with E-state index in [1.165, 1.54) is 11.8 Å². The molecule has 2 aromatic heterocycles. The summed E-state index contributed by atoms with van der Waals surface area (Å²) in [6, 6.07) is 11.3. The molecule has 0 unspecified atom stereocenters. The van der Waals surface area contributed by atoms with Crippen LogP contribution in [0, 0.1) is 0 Å². The molecule has 0 aliphatic rings. The van der Waals surface area contributed by atoms with Crippen LogP contribution in [-0.4, -0.2) is 14.5 Å². The Bertz CT molecular complexity index is 859. The maximum Gasteiger partial charge on any atom is 0.262 e. The molecule has 0 amide bonds. The Kier molecular flexibility index (Phi) is 4.34. The van der Waals surface area contributed by atoms with Crippen LogP contribution in [0.25, 0.3) is 10.9 Å². The summed E-state index contributed by atoms with van der Waals surface area (Å²) in [5, 5.41) is 1.34. The van der Waals surface area contributed by atoms with E-state index in [1.54, 1.807) is 22.9 Å². The Morgan fingerprint density at radius 2 is 2.09 bits per heavy atom. The average molecular weight is 309 g/mol. The molecule has 0 saturated carbocycles. The molecule has 3 aromatic rings. The first-order valence-corrected chi connectivity index (χ1v) is 7.90. The lowest BCUT2D eigenvalue weighted by molar-refractivity contribution is 0.671. The van der Waals surface area contributed by atoms with E-state index in [0.717, 1.165) is 16.8 Å². The first-order valence-electron chi connectivity index (χ1n) is 6.92. The van der Waals surface area contributed by atoms with Crippen LogP contribution in [0.5, 0.6) is 0 Å². The summed E-state index contributed by atoms with van der Waals surface area (Å²) in [6.07, 6.45) is 5.28. The first-order chi connectivity index (χ1) is 10.8.